The highest BCUT2D eigenvalue weighted by atomic mass is 79.9. The minimum atomic E-state index is -1.92. The van der Waals surface area contributed by atoms with E-state index in [1.165, 1.54) is 6.08 Å². The van der Waals surface area contributed by atoms with E-state index in [4.69, 9.17) is 14.9 Å². The summed E-state index contributed by atoms with van der Waals surface area (Å²) in [4.78, 5) is 0. The lowest BCUT2D eigenvalue weighted by molar-refractivity contribution is -0.273. The summed E-state index contributed by atoms with van der Waals surface area (Å²) in [5.41, 5.74) is -3.09. The highest BCUT2D eigenvalue weighted by Gasteiger charge is 2.79. The number of hydrogen-bond acceptors (Lipinski definition) is 6. The minimum Gasteiger partial charge on any atom is -0.443 e. The molecule has 0 saturated carbocycles. The van der Waals surface area contributed by atoms with Crippen molar-refractivity contribution in [1.29, 1.82) is 21.2 Å². The zero-order valence-corrected chi connectivity index (χ0v) is 14.9. The fourth-order valence-corrected chi connectivity index (χ4v) is 4.06. The molecule has 0 radical (unpaired) electrons. The van der Waals surface area contributed by atoms with Gasteiger partial charge in [-0.05, 0) is 12.1 Å². The maximum Gasteiger partial charge on any atom is 0.244 e. The first-order valence-electron chi connectivity index (χ1n) is 7.46. The molecule has 1 N–H and O–H groups in total. The second-order valence-corrected chi connectivity index (χ2v) is 6.97. The van der Waals surface area contributed by atoms with Crippen LogP contribution >= 0.6 is 15.9 Å². The molecule has 1 aromatic carbocycles. The van der Waals surface area contributed by atoms with Gasteiger partial charge < -0.3 is 9.47 Å². The molecule has 2 saturated heterocycles. The van der Waals surface area contributed by atoms with Gasteiger partial charge in [-0.2, -0.15) is 15.8 Å². The Hall–Kier alpha value is -2.66. The Labute approximate surface area is 153 Å². The van der Waals surface area contributed by atoms with E-state index in [1.807, 2.05) is 18.2 Å². The van der Waals surface area contributed by atoms with Crippen LogP contribution in [0.4, 0.5) is 0 Å². The number of benzene rings is 1. The molecule has 124 valence electrons. The highest BCUT2D eigenvalue weighted by Crippen LogP contribution is 2.65. The van der Waals surface area contributed by atoms with Gasteiger partial charge in [0.2, 0.25) is 17.1 Å². The van der Waals surface area contributed by atoms with Gasteiger partial charge in [0, 0.05) is 10.0 Å². The number of nitriles is 3. The van der Waals surface area contributed by atoms with Crippen LogP contribution in [0.3, 0.4) is 0 Å². The Morgan fingerprint density at radius 1 is 1.20 bits per heavy atom. The van der Waals surface area contributed by atoms with Gasteiger partial charge in [-0.25, -0.2) is 0 Å². The van der Waals surface area contributed by atoms with Crippen molar-refractivity contribution in [3.63, 3.8) is 0 Å². The van der Waals surface area contributed by atoms with E-state index in [0.717, 1.165) is 4.47 Å². The van der Waals surface area contributed by atoms with Gasteiger partial charge in [-0.1, -0.05) is 41.1 Å². The number of fused-ring (bicyclic) bond motifs is 2. The molecule has 0 aliphatic carbocycles. The van der Waals surface area contributed by atoms with Crippen molar-refractivity contribution >= 4 is 21.8 Å². The van der Waals surface area contributed by atoms with E-state index < -0.39 is 34.5 Å². The first kappa shape index (κ1) is 17.2. The Kier molecular flexibility index (Phi) is 3.73. The molecule has 2 aliphatic rings. The lowest BCUT2D eigenvalue weighted by atomic mass is 9.54. The average molecular weight is 397 g/mol. The van der Waals surface area contributed by atoms with Crippen LogP contribution in [-0.2, 0) is 15.3 Å². The van der Waals surface area contributed by atoms with Crippen LogP contribution < -0.4 is 0 Å². The lowest BCUT2D eigenvalue weighted by Crippen LogP contribution is -2.60. The molecule has 0 amide bonds. The molecule has 3 rings (SSSR count). The van der Waals surface area contributed by atoms with Gasteiger partial charge in [0.05, 0.1) is 24.1 Å². The molecular formula is C18H13BrN4O2. The van der Waals surface area contributed by atoms with Crippen molar-refractivity contribution in [2.24, 2.45) is 16.7 Å². The molecule has 6 nitrogen and oxygen atoms in total. The SMILES string of the molecule is C=CC1OC2(c3ccc(Br)cc3)OC(=N)C(C#N)(C2C)C1(C#N)C#N. The predicted octanol–water partition coefficient (Wildman–Crippen LogP) is 3.37. The van der Waals surface area contributed by atoms with E-state index in [1.54, 1.807) is 31.2 Å². The summed E-state index contributed by atoms with van der Waals surface area (Å²) in [7, 11) is 0. The maximum atomic E-state index is 9.96. The van der Waals surface area contributed by atoms with Gasteiger partial charge in [0.1, 0.15) is 6.10 Å². The molecule has 0 spiro atoms. The van der Waals surface area contributed by atoms with Crippen molar-refractivity contribution in [2.45, 2.75) is 18.8 Å². The minimum absolute atomic E-state index is 0.433. The quantitative estimate of drug-likeness (QED) is 0.769. The Bertz CT molecular complexity index is 878. The summed E-state index contributed by atoms with van der Waals surface area (Å²) in [6.45, 7) is 5.32. The van der Waals surface area contributed by atoms with Gasteiger partial charge in [-0.15, -0.1) is 6.58 Å². The van der Waals surface area contributed by atoms with Gasteiger partial charge in [-0.3, -0.25) is 5.41 Å². The third-order valence-corrected chi connectivity index (χ3v) is 5.70. The second kappa shape index (κ2) is 5.43. The second-order valence-electron chi connectivity index (χ2n) is 6.05. The Morgan fingerprint density at radius 3 is 2.28 bits per heavy atom. The summed E-state index contributed by atoms with van der Waals surface area (Å²) >= 11 is 3.36. The van der Waals surface area contributed by atoms with Crippen LogP contribution in [0.15, 0.2) is 41.4 Å². The van der Waals surface area contributed by atoms with Crippen LogP contribution in [0.1, 0.15) is 12.5 Å². The van der Waals surface area contributed by atoms with E-state index in [0.29, 0.717) is 5.56 Å². The molecular weight excluding hydrogens is 384 g/mol. The summed E-state index contributed by atoms with van der Waals surface area (Å²) in [5, 5.41) is 37.8. The average Bonchev–Trinajstić information content (AvgIpc) is 2.79. The first-order chi connectivity index (χ1) is 11.9. The number of rotatable bonds is 2. The topological polar surface area (TPSA) is 114 Å². The van der Waals surface area contributed by atoms with E-state index in [9.17, 15) is 15.8 Å². The molecule has 2 fully saturated rings. The summed E-state index contributed by atoms with van der Waals surface area (Å²) in [6, 6.07) is 13.0. The third kappa shape index (κ3) is 1.76. The van der Waals surface area contributed by atoms with Gasteiger partial charge >= 0.3 is 0 Å². The third-order valence-electron chi connectivity index (χ3n) is 5.17. The summed E-state index contributed by atoms with van der Waals surface area (Å²) in [6.07, 6.45) is 0.227. The van der Waals surface area contributed by atoms with E-state index >= 15 is 0 Å². The van der Waals surface area contributed by atoms with E-state index in [-0.39, 0.29) is 0 Å². The fourth-order valence-electron chi connectivity index (χ4n) is 3.80. The molecule has 4 atom stereocenters. The normalized spacial score (nSPS) is 34.9. The van der Waals surface area contributed by atoms with Crippen molar-refractivity contribution in [1.82, 2.24) is 0 Å². The number of ether oxygens (including phenoxy) is 2. The molecule has 25 heavy (non-hydrogen) atoms. The first-order valence-corrected chi connectivity index (χ1v) is 8.26. The smallest absolute Gasteiger partial charge is 0.244 e. The molecule has 7 heteroatoms. The number of halogens is 1. The summed E-state index contributed by atoms with van der Waals surface area (Å²) in [5.74, 6) is -2.63. The number of nitrogens with zero attached hydrogens (tertiary/aromatic N) is 3. The predicted molar refractivity (Wildman–Crippen MR) is 90.6 cm³/mol. The van der Waals surface area contributed by atoms with Crippen molar-refractivity contribution < 1.29 is 9.47 Å². The van der Waals surface area contributed by atoms with Crippen LogP contribution in [-0.4, -0.2) is 12.0 Å². The number of nitrogens with one attached hydrogen (secondary N) is 1. The van der Waals surface area contributed by atoms with Crippen molar-refractivity contribution in [3.8, 4) is 18.2 Å². The highest BCUT2D eigenvalue weighted by molar-refractivity contribution is 9.10. The Morgan fingerprint density at radius 2 is 1.80 bits per heavy atom. The largest absolute Gasteiger partial charge is 0.443 e. The van der Waals surface area contributed by atoms with Crippen LogP contribution in [0, 0.1) is 56.2 Å². The van der Waals surface area contributed by atoms with Crippen LogP contribution in [0.25, 0.3) is 0 Å². The molecule has 4 unspecified atom stereocenters. The monoisotopic (exact) mass is 396 g/mol. The molecule has 2 bridgehead atoms. The molecule has 1 aromatic rings. The molecule has 2 aliphatic heterocycles. The Balaban J connectivity index is 2.33. The van der Waals surface area contributed by atoms with Crippen molar-refractivity contribution in [2.75, 3.05) is 0 Å². The number of hydrogen-bond donors (Lipinski definition) is 1. The van der Waals surface area contributed by atoms with Crippen LogP contribution in [0.2, 0.25) is 0 Å². The fraction of sp³-hybridized carbons (Fsp3) is 0.333. The zero-order valence-electron chi connectivity index (χ0n) is 13.3. The van der Waals surface area contributed by atoms with Gasteiger partial charge in [0.15, 0.2) is 5.41 Å². The lowest BCUT2D eigenvalue weighted by Gasteiger charge is -2.47. The summed E-state index contributed by atoms with van der Waals surface area (Å²) < 4.78 is 12.7. The standard InChI is InChI=1S/C18H13BrN4O2/c1-3-14-16(8-20,9-21)17(10-22)11(2)18(24-14,25-15(17)23)12-4-6-13(19)7-5-12/h3-7,11,14,23H,1H2,2H3. The van der Waals surface area contributed by atoms with Crippen LogP contribution in [0.5, 0.6) is 0 Å². The maximum absolute atomic E-state index is 9.96. The molecule has 2 heterocycles. The van der Waals surface area contributed by atoms with E-state index in [2.05, 4.69) is 22.5 Å². The van der Waals surface area contributed by atoms with Gasteiger partial charge in [0.25, 0.3) is 0 Å². The zero-order chi connectivity index (χ0) is 18.5. The molecule has 0 aromatic heterocycles. The van der Waals surface area contributed by atoms with Crippen molar-refractivity contribution in [3.05, 3.63) is 47.0 Å².